The third kappa shape index (κ3) is 2.16. The summed E-state index contributed by atoms with van der Waals surface area (Å²) in [6.07, 6.45) is 3.23. The molecule has 0 N–H and O–H groups in total. The topological polar surface area (TPSA) is 55.6 Å². The smallest absolute Gasteiger partial charge is 0.269 e. The molecule has 0 aliphatic carbocycles. The van der Waals surface area contributed by atoms with Crippen LogP contribution in [0.25, 0.3) is 0 Å². The van der Waals surface area contributed by atoms with Crippen molar-refractivity contribution in [3.05, 3.63) is 33.9 Å². The second kappa shape index (κ2) is 5.05. The monoisotopic (exact) mass is 276 g/mol. The van der Waals surface area contributed by atoms with Crippen LogP contribution in [0.4, 0.5) is 5.69 Å². The molecule has 0 bridgehead atoms. The van der Waals surface area contributed by atoms with E-state index in [1.54, 1.807) is 12.1 Å². The molecular formula is C15H20N2O3. The molecule has 0 atom stereocenters. The van der Waals surface area contributed by atoms with Crippen molar-refractivity contribution in [2.24, 2.45) is 0 Å². The summed E-state index contributed by atoms with van der Waals surface area (Å²) in [7, 11) is 0. The molecular weight excluding hydrogens is 256 g/mol. The van der Waals surface area contributed by atoms with Crippen molar-refractivity contribution < 1.29 is 9.66 Å². The molecule has 3 rings (SSSR count). The Morgan fingerprint density at radius 3 is 2.80 bits per heavy atom. The third-order valence-corrected chi connectivity index (χ3v) is 4.60. The molecule has 2 heterocycles. The number of rotatable bonds is 3. The quantitative estimate of drug-likeness (QED) is 0.629. The molecule has 0 amide bonds. The second-order valence-corrected chi connectivity index (χ2v) is 5.85. The maximum Gasteiger partial charge on any atom is 0.269 e. The predicted molar refractivity (Wildman–Crippen MR) is 76.2 cm³/mol. The Morgan fingerprint density at radius 1 is 1.40 bits per heavy atom. The third-order valence-electron chi connectivity index (χ3n) is 4.60. The van der Waals surface area contributed by atoms with Crippen LogP contribution in [0.5, 0.6) is 5.75 Å². The van der Waals surface area contributed by atoms with Gasteiger partial charge < -0.3 is 9.64 Å². The fourth-order valence-electron chi connectivity index (χ4n) is 3.40. The molecule has 1 aromatic carbocycles. The van der Waals surface area contributed by atoms with Crippen LogP contribution < -0.4 is 4.74 Å². The fraction of sp³-hybridized carbons (Fsp3) is 0.600. The maximum atomic E-state index is 11.0. The Labute approximate surface area is 118 Å². The van der Waals surface area contributed by atoms with E-state index in [1.165, 1.54) is 12.5 Å². The minimum absolute atomic E-state index is 0.00834. The van der Waals surface area contributed by atoms with Crippen LogP contribution in [0.3, 0.4) is 0 Å². The number of nitro benzene ring substituents is 1. The first-order valence-corrected chi connectivity index (χ1v) is 7.29. The van der Waals surface area contributed by atoms with Gasteiger partial charge in [-0.15, -0.1) is 0 Å². The first-order chi connectivity index (χ1) is 9.64. The average molecular weight is 276 g/mol. The normalized spacial score (nSPS) is 20.6. The van der Waals surface area contributed by atoms with Gasteiger partial charge in [0.25, 0.3) is 5.69 Å². The van der Waals surface area contributed by atoms with Gasteiger partial charge in [-0.05, 0) is 45.0 Å². The van der Waals surface area contributed by atoms with E-state index in [1.807, 2.05) is 0 Å². The summed E-state index contributed by atoms with van der Waals surface area (Å²) in [5, 5.41) is 11.0. The van der Waals surface area contributed by atoms with E-state index in [0.29, 0.717) is 6.61 Å². The lowest BCUT2D eigenvalue weighted by Crippen LogP contribution is -2.43. The van der Waals surface area contributed by atoms with Gasteiger partial charge >= 0.3 is 0 Å². The summed E-state index contributed by atoms with van der Waals surface area (Å²) in [4.78, 5) is 13.1. The van der Waals surface area contributed by atoms with E-state index >= 15 is 0 Å². The molecule has 0 aromatic heterocycles. The molecule has 0 unspecified atom stereocenters. The molecule has 1 fully saturated rings. The minimum atomic E-state index is -0.321. The number of hydrogen-bond acceptors (Lipinski definition) is 4. The molecule has 1 aromatic rings. The Hall–Kier alpha value is -1.62. The SMILES string of the molecule is CCCN1CCC2(CC1)COc1ccc([N+](=O)[O-])cc12. The highest BCUT2D eigenvalue weighted by molar-refractivity contribution is 5.50. The van der Waals surface area contributed by atoms with Gasteiger partial charge in [0, 0.05) is 23.1 Å². The lowest BCUT2D eigenvalue weighted by Gasteiger charge is -2.38. The highest BCUT2D eigenvalue weighted by atomic mass is 16.6. The van der Waals surface area contributed by atoms with E-state index in [2.05, 4.69) is 11.8 Å². The zero-order valence-electron chi connectivity index (χ0n) is 11.8. The Kier molecular flexibility index (Phi) is 3.38. The molecule has 5 heteroatoms. The van der Waals surface area contributed by atoms with Gasteiger partial charge in [0.05, 0.1) is 11.5 Å². The zero-order chi connectivity index (χ0) is 14.2. The van der Waals surface area contributed by atoms with Crippen molar-refractivity contribution in [1.29, 1.82) is 0 Å². The molecule has 0 radical (unpaired) electrons. The molecule has 2 aliphatic rings. The van der Waals surface area contributed by atoms with Crippen molar-refractivity contribution in [3.63, 3.8) is 0 Å². The van der Waals surface area contributed by atoms with Crippen LogP contribution in [0, 0.1) is 10.1 Å². The number of nitro groups is 1. The van der Waals surface area contributed by atoms with Crippen molar-refractivity contribution in [2.45, 2.75) is 31.6 Å². The predicted octanol–water partition coefficient (Wildman–Crippen LogP) is 2.73. The van der Waals surface area contributed by atoms with Gasteiger partial charge in [-0.25, -0.2) is 0 Å². The summed E-state index contributed by atoms with van der Waals surface area (Å²) in [5.74, 6) is 0.833. The van der Waals surface area contributed by atoms with Crippen molar-refractivity contribution in [3.8, 4) is 5.75 Å². The Bertz CT molecular complexity index is 522. The van der Waals surface area contributed by atoms with Gasteiger partial charge in [0.15, 0.2) is 0 Å². The Balaban J connectivity index is 1.85. The number of fused-ring (bicyclic) bond motifs is 2. The molecule has 2 aliphatic heterocycles. The van der Waals surface area contributed by atoms with Crippen LogP contribution in [0.1, 0.15) is 31.7 Å². The number of benzene rings is 1. The fourth-order valence-corrected chi connectivity index (χ4v) is 3.40. The van der Waals surface area contributed by atoms with Gasteiger partial charge in [0.1, 0.15) is 5.75 Å². The number of likely N-dealkylation sites (tertiary alicyclic amines) is 1. The van der Waals surface area contributed by atoms with E-state index in [0.717, 1.165) is 43.8 Å². The van der Waals surface area contributed by atoms with Gasteiger partial charge in [0.2, 0.25) is 0 Å². The van der Waals surface area contributed by atoms with Crippen LogP contribution >= 0.6 is 0 Å². The molecule has 0 saturated carbocycles. The van der Waals surface area contributed by atoms with Crippen LogP contribution in [0.15, 0.2) is 18.2 Å². The molecule has 5 nitrogen and oxygen atoms in total. The highest BCUT2D eigenvalue weighted by Crippen LogP contribution is 2.46. The number of non-ortho nitro benzene ring substituents is 1. The summed E-state index contributed by atoms with van der Waals surface area (Å²) < 4.78 is 5.78. The summed E-state index contributed by atoms with van der Waals surface area (Å²) in [6, 6.07) is 5.00. The lowest BCUT2D eigenvalue weighted by atomic mass is 9.74. The first-order valence-electron chi connectivity index (χ1n) is 7.29. The largest absolute Gasteiger partial charge is 0.492 e. The van der Waals surface area contributed by atoms with Crippen LogP contribution in [-0.4, -0.2) is 36.1 Å². The van der Waals surface area contributed by atoms with Crippen molar-refractivity contribution in [1.82, 2.24) is 4.90 Å². The van der Waals surface area contributed by atoms with Crippen molar-refractivity contribution >= 4 is 5.69 Å². The van der Waals surface area contributed by atoms with E-state index in [4.69, 9.17) is 4.74 Å². The summed E-state index contributed by atoms with van der Waals surface area (Å²) >= 11 is 0. The van der Waals surface area contributed by atoms with Gasteiger partial charge in [-0.2, -0.15) is 0 Å². The second-order valence-electron chi connectivity index (χ2n) is 5.85. The molecule has 20 heavy (non-hydrogen) atoms. The van der Waals surface area contributed by atoms with E-state index in [-0.39, 0.29) is 16.0 Å². The van der Waals surface area contributed by atoms with Crippen LogP contribution in [-0.2, 0) is 5.41 Å². The van der Waals surface area contributed by atoms with Gasteiger partial charge in [-0.3, -0.25) is 10.1 Å². The number of piperidine rings is 1. The standard InChI is InChI=1S/C15H20N2O3/c1-2-7-16-8-5-15(6-9-16)11-20-14-4-3-12(17(18)19)10-13(14)15/h3-4,10H,2,5-9,11H2,1H3. The molecule has 1 spiro atoms. The summed E-state index contributed by atoms with van der Waals surface area (Å²) in [5.41, 5.74) is 1.21. The van der Waals surface area contributed by atoms with E-state index in [9.17, 15) is 10.1 Å². The maximum absolute atomic E-state index is 11.0. The summed E-state index contributed by atoms with van der Waals surface area (Å²) in [6.45, 7) is 6.11. The lowest BCUT2D eigenvalue weighted by molar-refractivity contribution is -0.385. The van der Waals surface area contributed by atoms with Crippen LogP contribution in [0.2, 0.25) is 0 Å². The molecule has 1 saturated heterocycles. The first kappa shape index (κ1) is 13.4. The zero-order valence-corrected chi connectivity index (χ0v) is 11.8. The average Bonchev–Trinajstić information content (AvgIpc) is 2.80. The minimum Gasteiger partial charge on any atom is -0.492 e. The molecule has 108 valence electrons. The number of nitrogens with zero attached hydrogens (tertiary/aromatic N) is 2. The number of ether oxygens (including phenoxy) is 1. The van der Waals surface area contributed by atoms with Crippen molar-refractivity contribution in [2.75, 3.05) is 26.2 Å². The number of hydrogen-bond donors (Lipinski definition) is 0. The van der Waals surface area contributed by atoms with E-state index < -0.39 is 0 Å². The van der Waals surface area contributed by atoms with Gasteiger partial charge in [-0.1, -0.05) is 6.92 Å². The Morgan fingerprint density at radius 2 is 2.15 bits per heavy atom. The highest BCUT2D eigenvalue weighted by Gasteiger charge is 2.43.